The summed E-state index contributed by atoms with van der Waals surface area (Å²) in [6.07, 6.45) is 10.5. The minimum atomic E-state index is -0.737. The molecule has 2 aliphatic carbocycles. The third-order valence-corrected chi connectivity index (χ3v) is 7.90. The van der Waals surface area contributed by atoms with Crippen LogP contribution in [0.1, 0.15) is 44.9 Å². The second-order valence-corrected chi connectivity index (χ2v) is 8.40. The summed E-state index contributed by atoms with van der Waals surface area (Å²) in [5, 5.41) is 0. The van der Waals surface area contributed by atoms with Crippen LogP contribution in [0.15, 0.2) is 0 Å². The first-order chi connectivity index (χ1) is 6.86. The zero-order valence-corrected chi connectivity index (χ0v) is 10.3. The van der Waals surface area contributed by atoms with E-state index >= 15 is 0 Å². The molecule has 1 atom stereocenters. The van der Waals surface area contributed by atoms with Gasteiger partial charge in [-0.2, -0.15) is 0 Å². The molecule has 3 aliphatic rings. The van der Waals surface area contributed by atoms with Gasteiger partial charge in [0.2, 0.25) is 0 Å². The normalized spacial score (nSPS) is 47.1. The van der Waals surface area contributed by atoms with Crippen molar-refractivity contribution in [2.45, 2.75) is 57.0 Å². The van der Waals surface area contributed by atoms with E-state index in [2.05, 4.69) is 0 Å². The first-order valence-corrected chi connectivity index (χ1v) is 8.58. The largest absolute Gasteiger partial charge is 0.420 e. The molecule has 0 spiro atoms. The van der Waals surface area contributed by atoms with Gasteiger partial charge in [-0.25, -0.2) is 0 Å². The van der Waals surface area contributed by atoms with E-state index in [9.17, 15) is 0 Å². The third-order valence-electron chi connectivity index (χ3n) is 4.82. The van der Waals surface area contributed by atoms with Crippen molar-refractivity contribution in [2.75, 3.05) is 6.61 Å². The van der Waals surface area contributed by atoms with Crippen LogP contribution in [0.5, 0.6) is 0 Å². The van der Waals surface area contributed by atoms with Crippen LogP contribution in [0.4, 0.5) is 0 Å². The molecule has 14 heavy (non-hydrogen) atoms. The first kappa shape index (κ1) is 9.41. The predicted molar refractivity (Wildman–Crippen MR) is 61.0 cm³/mol. The van der Waals surface area contributed by atoms with Gasteiger partial charge in [-0.15, -0.1) is 0 Å². The van der Waals surface area contributed by atoms with Crippen molar-refractivity contribution < 1.29 is 4.43 Å². The number of hydrogen-bond donors (Lipinski definition) is 0. The fourth-order valence-electron chi connectivity index (χ4n) is 4.05. The van der Waals surface area contributed by atoms with Crippen LogP contribution in [-0.2, 0) is 4.43 Å². The molecule has 0 aromatic heterocycles. The van der Waals surface area contributed by atoms with E-state index in [1.165, 1.54) is 24.9 Å². The highest BCUT2D eigenvalue weighted by Crippen LogP contribution is 2.57. The van der Waals surface area contributed by atoms with Crippen molar-refractivity contribution in [2.24, 2.45) is 11.3 Å². The Labute approximate surface area is 89.0 Å². The van der Waals surface area contributed by atoms with Gasteiger partial charge >= 0.3 is 0 Å². The van der Waals surface area contributed by atoms with Crippen LogP contribution in [0, 0.1) is 11.3 Å². The smallest absolute Gasteiger partial charge is 0.177 e. The van der Waals surface area contributed by atoms with Crippen molar-refractivity contribution in [3.63, 3.8) is 0 Å². The lowest BCUT2D eigenvalue weighted by Gasteiger charge is -2.32. The van der Waals surface area contributed by atoms with Gasteiger partial charge in [-0.05, 0) is 61.9 Å². The van der Waals surface area contributed by atoms with E-state index in [4.69, 9.17) is 4.43 Å². The minimum Gasteiger partial charge on any atom is -0.420 e. The topological polar surface area (TPSA) is 9.23 Å². The van der Waals surface area contributed by atoms with Crippen LogP contribution in [0.25, 0.3) is 0 Å². The van der Waals surface area contributed by atoms with E-state index in [0.29, 0.717) is 0 Å². The molecule has 0 N–H and O–H groups in total. The molecule has 80 valence electrons. The monoisotopic (exact) mass is 210 g/mol. The van der Waals surface area contributed by atoms with E-state index in [1.807, 2.05) is 0 Å². The van der Waals surface area contributed by atoms with Gasteiger partial charge in [0.25, 0.3) is 0 Å². The maximum atomic E-state index is 6.02. The predicted octanol–water partition coefficient (Wildman–Crippen LogP) is 3.10. The average molecular weight is 210 g/mol. The van der Waals surface area contributed by atoms with Crippen molar-refractivity contribution in [1.82, 2.24) is 0 Å². The van der Waals surface area contributed by atoms with Gasteiger partial charge in [0.15, 0.2) is 9.04 Å². The Kier molecular flexibility index (Phi) is 2.44. The second-order valence-electron chi connectivity index (χ2n) is 5.84. The van der Waals surface area contributed by atoms with Crippen LogP contribution < -0.4 is 0 Å². The molecular formula is C12H22OSi. The van der Waals surface area contributed by atoms with Crippen molar-refractivity contribution in [3.05, 3.63) is 0 Å². The van der Waals surface area contributed by atoms with Crippen LogP contribution in [-0.4, -0.2) is 15.6 Å². The Balaban J connectivity index is 1.60. The molecule has 2 bridgehead atoms. The summed E-state index contributed by atoms with van der Waals surface area (Å²) in [6.45, 7) is 1.09. The van der Waals surface area contributed by atoms with Gasteiger partial charge in [0, 0.05) is 6.61 Å². The molecule has 2 heteroatoms. The molecule has 3 rings (SSSR count). The SMILES string of the molecule is C1CC[SiH](CC23CCC(CC2)C3)OC1. The first-order valence-electron chi connectivity index (χ1n) is 6.48. The summed E-state index contributed by atoms with van der Waals surface area (Å²) in [6, 6.07) is 3.01. The standard InChI is InChI=1S/C12H22OSi/c1-2-8-14(13-7-1)10-12-5-3-11(9-12)4-6-12/h11,14H,1-10H2. The van der Waals surface area contributed by atoms with Crippen LogP contribution in [0.3, 0.4) is 0 Å². The van der Waals surface area contributed by atoms with Crippen LogP contribution >= 0.6 is 0 Å². The number of fused-ring (bicyclic) bond motifs is 2. The van der Waals surface area contributed by atoms with Crippen molar-refractivity contribution in [1.29, 1.82) is 0 Å². The maximum Gasteiger partial charge on any atom is 0.177 e. The maximum absolute atomic E-state index is 6.02. The van der Waals surface area contributed by atoms with Crippen LogP contribution in [0.2, 0.25) is 12.1 Å². The van der Waals surface area contributed by atoms with E-state index in [0.717, 1.165) is 17.9 Å². The molecule has 1 aliphatic heterocycles. The van der Waals surface area contributed by atoms with Gasteiger partial charge in [0.05, 0.1) is 0 Å². The van der Waals surface area contributed by atoms with Crippen molar-refractivity contribution in [3.8, 4) is 0 Å². The highest BCUT2D eigenvalue weighted by Gasteiger charge is 2.46. The summed E-state index contributed by atoms with van der Waals surface area (Å²) >= 11 is 0. The Morgan fingerprint density at radius 1 is 1.21 bits per heavy atom. The lowest BCUT2D eigenvalue weighted by Crippen LogP contribution is -2.30. The molecule has 1 saturated heterocycles. The van der Waals surface area contributed by atoms with E-state index < -0.39 is 9.04 Å². The molecule has 2 saturated carbocycles. The Bertz CT molecular complexity index is 202. The van der Waals surface area contributed by atoms with Gasteiger partial charge < -0.3 is 4.43 Å². The lowest BCUT2D eigenvalue weighted by atomic mass is 9.86. The fraction of sp³-hybridized carbons (Fsp3) is 1.00. The molecule has 0 amide bonds. The Morgan fingerprint density at radius 2 is 2.07 bits per heavy atom. The van der Waals surface area contributed by atoms with E-state index in [1.54, 1.807) is 32.1 Å². The van der Waals surface area contributed by atoms with E-state index in [-0.39, 0.29) is 0 Å². The quantitative estimate of drug-likeness (QED) is 0.636. The highest BCUT2D eigenvalue weighted by molar-refractivity contribution is 6.52. The lowest BCUT2D eigenvalue weighted by molar-refractivity contribution is 0.257. The third kappa shape index (κ3) is 1.67. The summed E-state index contributed by atoms with van der Waals surface area (Å²) in [7, 11) is -0.737. The summed E-state index contributed by atoms with van der Waals surface area (Å²) in [4.78, 5) is 0. The molecule has 0 aromatic carbocycles. The average Bonchev–Trinajstić information content (AvgIpc) is 2.78. The summed E-state index contributed by atoms with van der Waals surface area (Å²) < 4.78 is 6.02. The molecule has 1 heterocycles. The minimum absolute atomic E-state index is 0.737. The number of hydrogen-bond acceptors (Lipinski definition) is 1. The molecular weight excluding hydrogens is 188 g/mol. The zero-order chi connectivity index (χ0) is 9.43. The summed E-state index contributed by atoms with van der Waals surface area (Å²) in [5.74, 6) is 1.12. The Hall–Kier alpha value is 0.177. The number of rotatable bonds is 2. The Morgan fingerprint density at radius 3 is 2.64 bits per heavy atom. The highest BCUT2D eigenvalue weighted by atomic mass is 28.3. The fourth-order valence-corrected chi connectivity index (χ4v) is 7.32. The molecule has 3 fully saturated rings. The molecule has 0 aromatic rings. The van der Waals surface area contributed by atoms with Gasteiger partial charge in [-0.3, -0.25) is 0 Å². The van der Waals surface area contributed by atoms with Gasteiger partial charge in [-0.1, -0.05) is 6.42 Å². The molecule has 1 nitrogen and oxygen atoms in total. The van der Waals surface area contributed by atoms with Crippen molar-refractivity contribution >= 4 is 9.04 Å². The van der Waals surface area contributed by atoms with Gasteiger partial charge in [0.1, 0.15) is 0 Å². The molecule has 0 radical (unpaired) electrons. The molecule has 1 unspecified atom stereocenters. The summed E-state index contributed by atoms with van der Waals surface area (Å²) in [5.41, 5.74) is 0.804. The second kappa shape index (κ2) is 3.64. The zero-order valence-electron chi connectivity index (χ0n) is 9.13.